The Hall–Kier alpha value is -0.0800. The van der Waals surface area contributed by atoms with Crippen LogP contribution in [0.15, 0.2) is 4.99 Å². The molecule has 1 aliphatic carbocycles. The van der Waals surface area contributed by atoms with Gasteiger partial charge >= 0.3 is 0 Å². The summed E-state index contributed by atoms with van der Waals surface area (Å²) in [6, 6.07) is 0. The third-order valence-electron chi connectivity index (χ3n) is 4.08. The maximum absolute atomic E-state index is 6.13. The molecule has 5 nitrogen and oxygen atoms in total. The molecule has 0 aromatic rings. The van der Waals surface area contributed by atoms with Crippen LogP contribution in [0, 0.1) is 0 Å². The standard InChI is InChI=1S/C15H29N3O2.HI/c1-2-3-10-17-14(16)18-11-13-12-19-15(20-13)8-6-4-5-7-9-15;/h13H,2-12H2,1H3,(H3,16,17,18);1H. The number of nitrogens with two attached hydrogens (primary N) is 1. The number of nitrogens with zero attached hydrogens (tertiary/aromatic N) is 1. The Morgan fingerprint density at radius 1 is 1.29 bits per heavy atom. The van der Waals surface area contributed by atoms with Crippen molar-refractivity contribution in [3.63, 3.8) is 0 Å². The molecule has 124 valence electrons. The summed E-state index contributed by atoms with van der Waals surface area (Å²) in [4.78, 5) is 4.36. The van der Waals surface area contributed by atoms with Gasteiger partial charge in [0, 0.05) is 19.4 Å². The van der Waals surface area contributed by atoms with Gasteiger partial charge in [-0.1, -0.05) is 26.2 Å². The van der Waals surface area contributed by atoms with Crippen molar-refractivity contribution in [3.05, 3.63) is 0 Å². The van der Waals surface area contributed by atoms with Crippen molar-refractivity contribution in [2.45, 2.75) is 70.2 Å². The van der Waals surface area contributed by atoms with Crippen LogP contribution in [0.2, 0.25) is 0 Å². The van der Waals surface area contributed by atoms with Gasteiger partial charge in [0.05, 0.1) is 13.2 Å². The number of halogens is 1. The van der Waals surface area contributed by atoms with Gasteiger partial charge in [0.1, 0.15) is 6.10 Å². The molecular weight excluding hydrogens is 381 g/mol. The minimum Gasteiger partial charge on any atom is -0.370 e. The molecule has 2 fully saturated rings. The maximum atomic E-state index is 6.13. The fourth-order valence-electron chi connectivity index (χ4n) is 2.89. The summed E-state index contributed by atoms with van der Waals surface area (Å²) in [5.41, 5.74) is 5.83. The van der Waals surface area contributed by atoms with E-state index in [1.807, 2.05) is 0 Å². The highest BCUT2D eigenvalue weighted by molar-refractivity contribution is 14.0. The third kappa shape index (κ3) is 6.28. The summed E-state index contributed by atoms with van der Waals surface area (Å²) in [5, 5.41) is 3.12. The molecule has 0 radical (unpaired) electrons. The van der Waals surface area contributed by atoms with Crippen LogP contribution < -0.4 is 11.1 Å². The van der Waals surface area contributed by atoms with E-state index in [0.717, 1.165) is 32.2 Å². The molecule has 3 N–H and O–H groups in total. The zero-order valence-corrected chi connectivity index (χ0v) is 15.4. The monoisotopic (exact) mass is 411 g/mol. The first-order chi connectivity index (χ1) is 9.74. The summed E-state index contributed by atoms with van der Waals surface area (Å²) >= 11 is 0. The van der Waals surface area contributed by atoms with E-state index in [9.17, 15) is 0 Å². The van der Waals surface area contributed by atoms with Crippen LogP contribution in [0.1, 0.15) is 58.3 Å². The minimum atomic E-state index is -0.318. The normalized spacial score (nSPS) is 25.4. The van der Waals surface area contributed by atoms with Crippen molar-refractivity contribution >= 4 is 29.9 Å². The predicted molar refractivity (Wildman–Crippen MR) is 96.1 cm³/mol. The smallest absolute Gasteiger partial charge is 0.188 e. The van der Waals surface area contributed by atoms with E-state index in [2.05, 4.69) is 17.2 Å². The Bertz CT molecular complexity index is 318. The van der Waals surface area contributed by atoms with E-state index in [1.54, 1.807) is 0 Å². The van der Waals surface area contributed by atoms with Crippen LogP contribution in [0.4, 0.5) is 0 Å². The molecule has 1 unspecified atom stereocenters. The van der Waals surface area contributed by atoms with Crippen LogP contribution in [0.5, 0.6) is 0 Å². The number of aliphatic imine (C=N–C) groups is 1. The predicted octanol–water partition coefficient (Wildman–Crippen LogP) is 2.77. The summed E-state index contributed by atoms with van der Waals surface area (Å²) in [5.74, 6) is 0.199. The van der Waals surface area contributed by atoms with Gasteiger partial charge in [-0.2, -0.15) is 0 Å². The van der Waals surface area contributed by atoms with E-state index in [-0.39, 0.29) is 35.9 Å². The number of unbranched alkanes of at least 4 members (excludes halogenated alkanes) is 1. The number of hydrogen-bond donors (Lipinski definition) is 2. The maximum Gasteiger partial charge on any atom is 0.188 e. The van der Waals surface area contributed by atoms with Gasteiger partial charge in [-0.25, -0.2) is 0 Å². The van der Waals surface area contributed by atoms with Crippen molar-refractivity contribution in [2.24, 2.45) is 10.7 Å². The van der Waals surface area contributed by atoms with Crippen LogP contribution in [-0.2, 0) is 9.47 Å². The van der Waals surface area contributed by atoms with Crippen LogP contribution in [0.3, 0.4) is 0 Å². The van der Waals surface area contributed by atoms with Crippen molar-refractivity contribution in [1.29, 1.82) is 0 Å². The zero-order chi connectivity index (χ0) is 14.3. The van der Waals surface area contributed by atoms with Crippen LogP contribution >= 0.6 is 24.0 Å². The molecule has 0 amide bonds. The van der Waals surface area contributed by atoms with Crippen molar-refractivity contribution < 1.29 is 9.47 Å². The molecule has 2 rings (SSSR count). The lowest BCUT2D eigenvalue weighted by Gasteiger charge is -2.26. The molecule has 1 aliphatic heterocycles. The second-order valence-corrected chi connectivity index (χ2v) is 5.88. The van der Waals surface area contributed by atoms with Crippen molar-refractivity contribution in [2.75, 3.05) is 19.7 Å². The van der Waals surface area contributed by atoms with Gasteiger partial charge in [0.2, 0.25) is 0 Å². The lowest BCUT2D eigenvalue weighted by Crippen LogP contribution is -2.34. The third-order valence-corrected chi connectivity index (χ3v) is 4.08. The number of ether oxygens (including phenoxy) is 2. The first kappa shape index (κ1) is 19.0. The Balaban J connectivity index is 0.00000220. The Morgan fingerprint density at radius 2 is 2.00 bits per heavy atom. The van der Waals surface area contributed by atoms with Gasteiger partial charge < -0.3 is 20.5 Å². The molecule has 0 aromatic heterocycles. The lowest BCUT2D eigenvalue weighted by molar-refractivity contribution is -0.174. The van der Waals surface area contributed by atoms with Crippen molar-refractivity contribution in [1.82, 2.24) is 5.32 Å². The summed E-state index contributed by atoms with van der Waals surface area (Å²) < 4.78 is 12.1. The van der Waals surface area contributed by atoms with Crippen LogP contribution in [-0.4, -0.2) is 37.5 Å². The molecule has 2 aliphatic rings. The van der Waals surface area contributed by atoms with Gasteiger partial charge in [-0.05, 0) is 19.3 Å². The second-order valence-electron chi connectivity index (χ2n) is 5.88. The molecule has 1 saturated carbocycles. The molecule has 6 heteroatoms. The second kappa shape index (κ2) is 9.84. The number of rotatable bonds is 5. The summed E-state index contributed by atoms with van der Waals surface area (Å²) in [6.07, 6.45) is 9.38. The largest absolute Gasteiger partial charge is 0.370 e. The first-order valence-corrected chi connectivity index (χ1v) is 8.10. The average Bonchev–Trinajstić information content (AvgIpc) is 2.69. The highest BCUT2D eigenvalue weighted by Crippen LogP contribution is 2.36. The van der Waals surface area contributed by atoms with Gasteiger partial charge in [0.25, 0.3) is 0 Å². The SMILES string of the molecule is CCCCNC(N)=NCC1COC2(CCCCCC2)O1.I. The van der Waals surface area contributed by atoms with E-state index in [0.29, 0.717) is 19.1 Å². The fraction of sp³-hybridized carbons (Fsp3) is 0.933. The quantitative estimate of drug-likeness (QED) is 0.316. The molecular formula is C15H30IN3O2. The molecule has 1 atom stereocenters. The number of hydrogen-bond acceptors (Lipinski definition) is 3. The van der Waals surface area contributed by atoms with Gasteiger partial charge in [-0.15, -0.1) is 24.0 Å². The lowest BCUT2D eigenvalue weighted by atomic mass is 10.1. The van der Waals surface area contributed by atoms with E-state index in [1.165, 1.54) is 25.7 Å². The molecule has 0 bridgehead atoms. The zero-order valence-electron chi connectivity index (χ0n) is 13.1. The number of nitrogens with one attached hydrogen (secondary N) is 1. The van der Waals surface area contributed by atoms with Crippen molar-refractivity contribution in [3.8, 4) is 0 Å². The molecule has 1 heterocycles. The Labute approximate surface area is 145 Å². The first-order valence-electron chi connectivity index (χ1n) is 8.10. The molecule has 1 spiro atoms. The van der Waals surface area contributed by atoms with Gasteiger partial charge in [0.15, 0.2) is 11.7 Å². The van der Waals surface area contributed by atoms with E-state index in [4.69, 9.17) is 15.2 Å². The van der Waals surface area contributed by atoms with Crippen LogP contribution in [0.25, 0.3) is 0 Å². The van der Waals surface area contributed by atoms with E-state index < -0.39 is 0 Å². The summed E-state index contributed by atoms with van der Waals surface area (Å²) in [6.45, 7) is 4.28. The highest BCUT2D eigenvalue weighted by Gasteiger charge is 2.41. The molecule has 1 saturated heterocycles. The minimum absolute atomic E-state index is 0. The molecule has 0 aromatic carbocycles. The summed E-state index contributed by atoms with van der Waals surface area (Å²) in [7, 11) is 0. The topological polar surface area (TPSA) is 68.9 Å². The average molecular weight is 411 g/mol. The highest BCUT2D eigenvalue weighted by atomic mass is 127. The number of guanidine groups is 1. The molecule has 21 heavy (non-hydrogen) atoms. The van der Waals surface area contributed by atoms with Gasteiger partial charge in [-0.3, -0.25) is 4.99 Å². The van der Waals surface area contributed by atoms with E-state index >= 15 is 0 Å². The Morgan fingerprint density at radius 3 is 2.67 bits per heavy atom. The Kier molecular flexibility index (Phi) is 8.89. The fourth-order valence-corrected chi connectivity index (χ4v) is 2.89.